The van der Waals surface area contributed by atoms with Crippen molar-refractivity contribution >= 4 is 23.2 Å². The van der Waals surface area contributed by atoms with Gasteiger partial charge in [-0.15, -0.1) is 0 Å². The molecule has 1 aromatic carbocycles. The van der Waals surface area contributed by atoms with E-state index < -0.39 is 0 Å². The summed E-state index contributed by atoms with van der Waals surface area (Å²) in [5.41, 5.74) is 7.43. The van der Waals surface area contributed by atoms with Gasteiger partial charge in [-0.05, 0) is 54.7 Å². The van der Waals surface area contributed by atoms with E-state index in [4.69, 9.17) is 28.9 Å². The quantitative estimate of drug-likeness (QED) is 0.849. The van der Waals surface area contributed by atoms with Crippen LogP contribution in [0.3, 0.4) is 0 Å². The average Bonchev–Trinajstić information content (AvgIpc) is 2.89. The standard InChI is InChI=1S/C13H15Cl2N/c14-11-2-1-7(6-12(11)15)13(16)10-4-8-3-9(8)5-10/h1-2,6,8-10,13H,3-5,16H2. The summed E-state index contributed by atoms with van der Waals surface area (Å²) >= 11 is 11.9. The zero-order valence-electron chi connectivity index (χ0n) is 9.00. The van der Waals surface area contributed by atoms with E-state index in [1.54, 1.807) is 0 Å². The van der Waals surface area contributed by atoms with Crippen LogP contribution in [0.25, 0.3) is 0 Å². The van der Waals surface area contributed by atoms with Crippen LogP contribution in [0, 0.1) is 17.8 Å². The molecule has 0 bridgehead atoms. The Kier molecular flexibility index (Phi) is 2.66. The molecule has 0 saturated heterocycles. The maximum atomic E-state index is 6.30. The van der Waals surface area contributed by atoms with E-state index in [2.05, 4.69) is 0 Å². The van der Waals surface area contributed by atoms with Crippen molar-refractivity contribution in [3.8, 4) is 0 Å². The van der Waals surface area contributed by atoms with E-state index in [0.29, 0.717) is 16.0 Å². The Bertz CT molecular complexity index is 408. The van der Waals surface area contributed by atoms with Crippen LogP contribution in [0.5, 0.6) is 0 Å². The first-order valence-corrected chi connectivity index (χ1v) is 6.61. The van der Waals surface area contributed by atoms with Crippen molar-refractivity contribution in [3.05, 3.63) is 33.8 Å². The number of hydrogen-bond donors (Lipinski definition) is 1. The van der Waals surface area contributed by atoms with Gasteiger partial charge in [-0.3, -0.25) is 0 Å². The second kappa shape index (κ2) is 3.90. The summed E-state index contributed by atoms with van der Waals surface area (Å²) in [6, 6.07) is 5.89. The van der Waals surface area contributed by atoms with Crippen LogP contribution in [-0.4, -0.2) is 0 Å². The Labute approximate surface area is 106 Å². The number of nitrogens with two attached hydrogens (primary N) is 1. The molecule has 1 nitrogen and oxygen atoms in total. The van der Waals surface area contributed by atoms with Crippen LogP contribution < -0.4 is 5.73 Å². The Morgan fingerprint density at radius 2 is 1.75 bits per heavy atom. The lowest BCUT2D eigenvalue weighted by Gasteiger charge is -2.21. The number of benzene rings is 1. The van der Waals surface area contributed by atoms with Crippen molar-refractivity contribution in [2.75, 3.05) is 0 Å². The third-order valence-electron chi connectivity index (χ3n) is 4.12. The zero-order chi connectivity index (χ0) is 11.3. The SMILES string of the molecule is NC(c1ccc(Cl)c(Cl)c1)C1CC2CC2C1. The lowest BCUT2D eigenvalue weighted by Crippen LogP contribution is -2.20. The van der Waals surface area contributed by atoms with Crippen molar-refractivity contribution in [3.63, 3.8) is 0 Å². The van der Waals surface area contributed by atoms with E-state index in [9.17, 15) is 0 Å². The molecule has 1 aromatic rings. The molecular weight excluding hydrogens is 241 g/mol. The van der Waals surface area contributed by atoms with Gasteiger partial charge < -0.3 is 5.73 Å². The van der Waals surface area contributed by atoms with E-state index in [1.807, 2.05) is 18.2 Å². The minimum atomic E-state index is 0.127. The lowest BCUT2D eigenvalue weighted by molar-refractivity contribution is 0.404. The van der Waals surface area contributed by atoms with E-state index in [1.165, 1.54) is 19.3 Å². The average molecular weight is 256 g/mol. The first kappa shape index (κ1) is 10.9. The molecule has 3 rings (SSSR count). The minimum Gasteiger partial charge on any atom is -0.324 e. The van der Waals surface area contributed by atoms with Gasteiger partial charge in [0.2, 0.25) is 0 Å². The molecule has 2 fully saturated rings. The highest BCUT2D eigenvalue weighted by Gasteiger charge is 2.47. The normalized spacial score (nSPS) is 33.6. The first-order valence-electron chi connectivity index (χ1n) is 5.85. The Morgan fingerprint density at radius 3 is 2.38 bits per heavy atom. The fourth-order valence-corrected chi connectivity index (χ4v) is 3.35. The first-order chi connectivity index (χ1) is 7.65. The largest absolute Gasteiger partial charge is 0.324 e. The summed E-state index contributed by atoms with van der Waals surface area (Å²) in [5.74, 6) is 2.58. The van der Waals surface area contributed by atoms with Gasteiger partial charge in [-0.25, -0.2) is 0 Å². The zero-order valence-corrected chi connectivity index (χ0v) is 10.5. The Balaban J connectivity index is 1.77. The molecule has 3 atom stereocenters. The van der Waals surface area contributed by atoms with Crippen molar-refractivity contribution in [1.82, 2.24) is 0 Å². The van der Waals surface area contributed by atoms with Crippen LogP contribution >= 0.6 is 23.2 Å². The molecule has 2 aliphatic carbocycles. The molecule has 0 radical (unpaired) electrons. The summed E-state index contributed by atoms with van der Waals surface area (Å²) in [4.78, 5) is 0. The fraction of sp³-hybridized carbons (Fsp3) is 0.538. The van der Waals surface area contributed by atoms with Crippen molar-refractivity contribution in [1.29, 1.82) is 0 Å². The Morgan fingerprint density at radius 1 is 1.06 bits per heavy atom. The Hall–Kier alpha value is -0.240. The molecule has 2 N–H and O–H groups in total. The highest BCUT2D eigenvalue weighted by Crippen LogP contribution is 2.56. The summed E-state index contributed by atoms with van der Waals surface area (Å²) < 4.78 is 0. The van der Waals surface area contributed by atoms with Crippen molar-refractivity contribution in [2.45, 2.75) is 25.3 Å². The van der Waals surface area contributed by atoms with Gasteiger partial charge in [0.15, 0.2) is 0 Å². The van der Waals surface area contributed by atoms with Gasteiger partial charge >= 0.3 is 0 Å². The summed E-state index contributed by atoms with van der Waals surface area (Å²) in [6.45, 7) is 0. The number of halogens is 2. The fourth-order valence-electron chi connectivity index (χ4n) is 3.05. The molecule has 0 heterocycles. The monoisotopic (exact) mass is 255 g/mol. The molecule has 0 aliphatic heterocycles. The number of fused-ring (bicyclic) bond motifs is 1. The minimum absolute atomic E-state index is 0.127. The molecular formula is C13H15Cl2N. The van der Waals surface area contributed by atoms with E-state index >= 15 is 0 Å². The molecule has 0 amide bonds. The van der Waals surface area contributed by atoms with Gasteiger partial charge in [-0.1, -0.05) is 29.3 Å². The van der Waals surface area contributed by atoms with Gasteiger partial charge in [0.05, 0.1) is 10.0 Å². The highest BCUT2D eigenvalue weighted by atomic mass is 35.5. The van der Waals surface area contributed by atoms with Crippen molar-refractivity contribution in [2.24, 2.45) is 23.5 Å². The van der Waals surface area contributed by atoms with E-state index in [0.717, 1.165) is 17.4 Å². The molecule has 2 aliphatic rings. The van der Waals surface area contributed by atoms with Gasteiger partial charge in [-0.2, -0.15) is 0 Å². The topological polar surface area (TPSA) is 26.0 Å². The summed E-state index contributed by atoms with van der Waals surface area (Å²) in [7, 11) is 0. The van der Waals surface area contributed by atoms with Crippen molar-refractivity contribution < 1.29 is 0 Å². The molecule has 0 aromatic heterocycles. The third kappa shape index (κ3) is 1.85. The second-order valence-corrected chi connectivity index (χ2v) is 6.00. The smallest absolute Gasteiger partial charge is 0.0595 e. The lowest BCUT2D eigenvalue weighted by atomic mass is 9.90. The maximum absolute atomic E-state index is 6.30. The summed E-state index contributed by atoms with van der Waals surface area (Å²) in [6.07, 6.45) is 4.03. The van der Waals surface area contributed by atoms with Crippen LogP contribution in [0.1, 0.15) is 30.9 Å². The predicted octanol–water partition coefficient (Wildman–Crippen LogP) is 4.04. The predicted molar refractivity (Wildman–Crippen MR) is 67.7 cm³/mol. The van der Waals surface area contributed by atoms with Crippen LogP contribution in [-0.2, 0) is 0 Å². The van der Waals surface area contributed by atoms with Gasteiger partial charge in [0.1, 0.15) is 0 Å². The third-order valence-corrected chi connectivity index (χ3v) is 4.86. The molecule has 3 heteroatoms. The van der Waals surface area contributed by atoms with Crippen LogP contribution in [0.2, 0.25) is 10.0 Å². The second-order valence-electron chi connectivity index (χ2n) is 5.19. The molecule has 16 heavy (non-hydrogen) atoms. The van der Waals surface area contributed by atoms with Crippen LogP contribution in [0.4, 0.5) is 0 Å². The highest BCUT2D eigenvalue weighted by molar-refractivity contribution is 6.42. The van der Waals surface area contributed by atoms with Crippen LogP contribution in [0.15, 0.2) is 18.2 Å². The number of hydrogen-bond acceptors (Lipinski definition) is 1. The summed E-state index contributed by atoms with van der Waals surface area (Å²) in [5, 5.41) is 1.21. The van der Waals surface area contributed by atoms with E-state index in [-0.39, 0.29) is 6.04 Å². The number of rotatable bonds is 2. The molecule has 86 valence electrons. The molecule has 3 unspecified atom stereocenters. The molecule has 0 spiro atoms. The maximum Gasteiger partial charge on any atom is 0.0595 e. The molecule has 2 saturated carbocycles. The van der Waals surface area contributed by atoms with Gasteiger partial charge in [0.25, 0.3) is 0 Å². The van der Waals surface area contributed by atoms with Gasteiger partial charge in [0, 0.05) is 6.04 Å².